The average Bonchev–Trinajstić information content (AvgIpc) is 3.35. The number of allylic oxidation sites excluding steroid dienone is 10. The van der Waals surface area contributed by atoms with Gasteiger partial charge in [-0.05, 0) is 89.9 Å². The van der Waals surface area contributed by atoms with Crippen LogP contribution in [-0.4, -0.2) is 46.9 Å². The van der Waals surface area contributed by atoms with Gasteiger partial charge in [-0.15, -0.1) is 0 Å². The molecule has 6 nitrogen and oxygen atoms in total. The zero-order valence-corrected chi connectivity index (χ0v) is 46.7. The summed E-state index contributed by atoms with van der Waals surface area (Å²) >= 11 is 0. The van der Waals surface area contributed by atoms with Crippen molar-refractivity contribution in [3.05, 3.63) is 60.8 Å². The van der Waals surface area contributed by atoms with E-state index >= 15 is 0 Å². The monoisotopic (exact) mass is 980 g/mol. The van der Waals surface area contributed by atoms with Crippen LogP contribution in [0.2, 0.25) is 0 Å². The van der Waals surface area contributed by atoms with Gasteiger partial charge in [-0.25, -0.2) is 0 Å². The Kier molecular flexibility index (Phi) is 55.5. The smallest absolute Gasteiger partial charge is 0.306 e. The van der Waals surface area contributed by atoms with Crippen LogP contribution in [0.4, 0.5) is 0 Å². The number of unbranched alkanes of at least 4 members (excludes halogenated alkanes) is 33. The minimum absolute atomic E-state index is 0.0532. The van der Waals surface area contributed by atoms with E-state index in [1.165, 1.54) is 193 Å². The molecule has 3 unspecified atom stereocenters. The van der Waals surface area contributed by atoms with E-state index in [0.29, 0.717) is 25.7 Å². The number of rotatable bonds is 55. The molecule has 0 heterocycles. The molecular weight excluding hydrogens is 863 g/mol. The van der Waals surface area contributed by atoms with Gasteiger partial charge in [-0.3, -0.25) is 9.59 Å². The van der Waals surface area contributed by atoms with Crippen LogP contribution in [0.15, 0.2) is 60.8 Å². The van der Waals surface area contributed by atoms with Crippen molar-refractivity contribution < 1.29 is 24.5 Å². The predicted octanol–water partition coefficient (Wildman–Crippen LogP) is 19.1. The van der Waals surface area contributed by atoms with Crippen molar-refractivity contribution in [3.63, 3.8) is 0 Å². The molecule has 1 amide bonds. The maximum Gasteiger partial charge on any atom is 0.306 e. The lowest BCUT2D eigenvalue weighted by Crippen LogP contribution is -2.46. The second-order valence-electron chi connectivity index (χ2n) is 20.7. The van der Waals surface area contributed by atoms with Crippen molar-refractivity contribution in [2.24, 2.45) is 0 Å². The maximum atomic E-state index is 13.3. The fourth-order valence-electron chi connectivity index (χ4n) is 9.18. The average molecular weight is 981 g/mol. The number of ether oxygens (including phenoxy) is 1. The molecule has 0 bridgehead atoms. The van der Waals surface area contributed by atoms with E-state index in [1.54, 1.807) is 0 Å². The van der Waals surface area contributed by atoms with Crippen LogP contribution >= 0.6 is 0 Å². The van der Waals surface area contributed by atoms with Crippen molar-refractivity contribution in [1.82, 2.24) is 5.32 Å². The van der Waals surface area contributed by atoms with Crippen molar-refractivity contribution in [1.29, 1.82) is 0 Å². The highest BCUT2D eigenvalue weighted by atomic mass is 16.5. The Balaban J connectivity index is 4.62. The lowest BCUT2D eigenvalue weighted by Gasteiger charge is -2.24. The molecule has 3 N–H and O–H groups in total. The summed E-state index contributed by atoms with van der Waals surface area (Å²) in [6.07, 6.45) is 72.9. The van der Waals surface area contributed by atoms with Crippen LogP contribution in [0.1, 0.15) is 310 Å². The SMILES string of the molecule is CCCCC/C=C\C/C=C\C/C=C\C/C=C\CCCC(=O)OC(CCCCCCCCC/C=C/CCCCCCCC)CC(=O)NC(CO)C(O)CCCCCCCCCCCCCCCCCCC. The van der Waals surface area contributed by atoms with Crippen molar-refractivity contribution in [2.75, 3.05) is 6.61 Å². The van der Waals surface area contributed by atoms with Crippen LogP contribution in [0.25, 0.3) is 0 Å². The van der Waals surface area contributed by atoms with Gasteiger partial charge < -0.3 is 20.3 Å². The number of aliphatic hydroxyl groups is 2. The summed E-state index contributed by atoms with van der Waals surface area (Å²) in [5, 5.41) is 23.9. The first-order chi connectivity index (χ1) is 34.5. The van der Waals surface area contributed by atoms with E-state index in [-0.39, 0.29) is 24.9 Å². The van der Waals surface area contributed by atoms with Gasteiger partial charge in [0.15, 0.2) is 0 Å². The van der Waals surface area contributed by atoms with Crippen LogP contribution < -0.4 is 5.32 Å². The number of nitrogens with one attached hydrogen (secondary N) is 1. The van der Waals surface area contributed by atoms with Crippen LogP contribution in [0, 0.1) is 0 Å². The number of carbonyl (C=O) groups is 2. The van der Waals surface area contributed by atoms with Crippen molar-refractivity contribution in [3.8, 4) is 0 Å². The Bertz CT molecular complexity index is 1240. The minimum Gasteiger partial charge on any atom is -0.462 e. The standard InChI is InChI=1S/C64H117NO5/c1-4-7-10-13-16-19-22-25-28-31-34-37-40-43-46-49-52-55-60(70-64(69)57-54-51-48-45-42-39-36-33-30-27-24-21-18-15-12-9-6-3)58-63(68)65-61(59-66)62(67)56-53-50-47-44-41-38-35-32-29-26-23-20-17-14-11-8-5-2/h18,21,25,27-28,30,36,39,45,48,60-62,66-67H,4-17,19-20,22-24,26,29,31-35,37-38,40-44,46-47,49-59H2,1-3H3,(H,65,68)/b21-18-,28-25+,30-27-,39-36-,48-45-. The summed E-state index contributed by atoms with van der Waals surface area (Å²) in [4.78, 5) is 26.3. The molecule has 0 aliphatic heterocycles. The van der Waals surface area contributed by atoms with Crippen LogP contribution in [0.3, 0.4) is 0 Å². The zero-order chi connectivity index (χ0) is 50.9. The van der Waals surface area contributed by atoms with Crippen molar-refractivity contribution >= 4 is 11.9 Å². The summed E-state index contributed by atoms with van der Waals surface area (Å²) in [5.74, 6) is -0.535. The molecule has 0 fully saturated rings. The molecule has 0 rings (SSSR count). The van der Waals surface area contributed by atoms with E-state index in [0.717, 1.165) is 64.2 Å². The highest BCUT2D eigenvalue weighted by Crippen LogP contribution is 2.18. The lowest BCUT2D eigenvalue weighted by atomic mass is 10.0. The van der Waals surface area contributed by atoms with Gasteiger partial charge in [0.2, 0.25) is 5.91 Å². The van der Waals surface area contributed by atoms with E-state index in [1.807, 2.05) is 0 Å². The van der Waals surface area contributed by atoms with Gasteiger partial charge >= 0.3 is 5.97 Å². The van der Waals surface area contributed by atoms with Gasteiger partial charge in [0.25, 0.3) is 0 Å². The van der Waals surface area contributed by atoms with Crippen LogP contribution in [0.5, 0.6) is 0 Å². The van der Waals surface area contributed by atoms with Gasteiger partial charge in [-0.2, -0.15) is 0 Å². The van der Waals surface area contributed by atoms with E-state index < -0.39 is 18.2 Å². The first kappa shape index (κ1) is 67.6. The van der Waals surface area contributed by atoms with E-state index in [2.05, 4.69) is 86.8 Å². The largest absolute Gasteiger partial charge is 0.462 e. The van der Waals surface area contributed by atoms with Gasteiger partial charge in [-0.1, -0.05) is 268 Å². The molecule has 0 radical (unpaired) electrons. The third-order valence-corrected chi connectivity index (χ3v) is 13.8. The van der Waals surface area contributed by atoms with Gasteiger partial charge in [0.1, 0.15) is 6.10 Å². The molecule has 0 saturated carbocycles. The summed E-state index contributed by atoms with van der Waals surface area (Å²) in [5.41, 5.74) is 0. The molecule has 3 atom stereocenters. The number of hydrogen-bond acceptors (Lipinski definition) is 5. The summed E-state index contributed by atoms with van der Waals surface area (Å²) in [6.45, 7) is 6.48. The molecule has 0 spiro atoms. The Morgan fingerprint density at radius 2 is 0.729 bits per heavy atom. The molecule has 408 valence electrons. The highest BCUT2D eigenvalue weighted by Gasteiger charge is 2.24. The third kappa shape index (κ3) is 51.9. The Hall–Kier alpha value is -2.44. The number of carbonyl (C=O) groups excluding carboxylic acids is 2. The molecule has 70 heavy (non-hydrogen) atoms. The summed E-state index contributed by atoms with van der Waals surface area (Å²) in [7, 11) is 0. The molecule has 0 aliphatic carbocycles. The van der Waals surface area contributed by atoms with Crippen molar-refractivity contribution in [2.45, 2.75) is 328 Å². The molecule has 0 aliphatic rings. The number of esters is 1. The third-order valence-electron chi connectivity index (χ3n) is 13.8. The Labute approximate surface area is 435 Å². The molecule has 6 heteroatoms. The van der Waals surface area contributed by atoms with E-state index in [9.17, 15) is 19.8 Å². The zero-order valence-electron chi connectivity index (χ0n) is 46.7. The lowest BCUT2D eigenvalue weighted by molar-refractivity contribution is -0.151. The second-order valence-corrected chi connectivity index (χ2v) is 20.7. The van der Waals surface area contributed by atoms with Crippen LogP contribution in [-0.2, 0) is 14.3 Å². The maximum absolute atomic E-state index is 13.3. The molecular formula is C64H117NO5. The number of amides is 1. The quantitative estimate of drug-likeness (QED) is 0.0321. The topological polar surface area (TPSA) is 95.9 Å². The van der Waals surface area contributed by atoms with Gasteiger partial charge in [0, 0.05) is 6.42 Å². The van der Waals surface area contributed by atoms with Gasteiger partial charge in [0.05, 0.1) is 25.2 Å². The number of hydrogen-bond donors (Lipinski definition) is 3. The van der Waals surface area contributed by atoms with E-state index in [4.69, 9.17) is 4.74 Å². The molecule has 0 aromatic carbocycles. The first-order valence-electron chi connectivity index (χ1n) is 30.5. The second kappa shape index (κ2) is 57.5. The fraction of sp³-hybridized carbons (Fsp3) is 0.812. The Morgan fingerprint density at radius 3 is 1.14 bits per heavy atom. The first-order valence-corrected chi connectivity index (χ1v) is 30.5. The summed E-state index contributed by atoms with van der Waals surface area (Å²) in [6, 6.07) is -0.717. The minimum atomic E-state index is -0.801. The predicted molar refractivity (Wildman–Crippen MR) is 305 cm³/mol. The molecule has 0 aromatic rings. The summed E-state index contributed by atoms with van der Waals surface area (Å²) < 4.78 is 5.94. The normalized spacial score (nSPS) is 13.5. The molecule has 0 aromatic heterocycles. The fourth-order valence-corrected chi connectivity index (χ4v) is 9.18. The number of aliphatic hydroxyl groups excluding tert-OH is 2. The highest BCUT2D eigenvalue weighted by molar-refractivity contribution is 5.77. The molecule has 0 saturated heterocycles. The Morgan fingerprint density at radius 1 is 0.414 bits per heavy atom.